The van der Waals surface area contributed by atoms with Gasteiger partial charge in [0, 0.05) is 27.2 Å². The highest BCUT2D eigenvalue weighted by Gasteiger charge is 2.34. The Labute approximate surface area is 194 Å². The van der Waals surface area contributed by atoms with Crippen LogP contribution >= 0.6 is 34.8 Å². The van der Waals surface area contributed by atoms with E-state index >= 15 is 0 Å². The Balaban J connectivity index is 2.13. The van der Waals surface area contributed by atoms with Crippen LogP contribution in [0.3, 0.4) is 0 Å². The molecule has 1 aliphatic carbocycles. The molecule has 2 nitrogen and oxygen atoms in total. The summed E-state index contributed by atoms with van der Waals surface area (Å²) in [4.78, 5) is 0. The minimum Gasteiger partial charge on any atom is -0.409 e. The summed E-state index contributed by atoms with van der Waals surface area (Å²) >= 11 is 19.3. The molecular weight excluding hydrogens is 441 g/mol. The Kier molecular flexibility index (Phi) is 9.84. The van der Waals surface area contributed by atoms with Crippen LogP contribution in [-0.4, -0.2) is 21.4 Å². The van der Waals surface area contributed by atoms with Crippen LogP contribution in [0.5, 0.6) is 0 Å². The van der Waals surface area contributed by atoms with Gasteiger partial charge >= 0.3 is 0 Å². The second kappa shape index (κ2) is 11.2. The second-order valence-corrected chi connectivity index (χ2v) is 15.4. The van der Waals surface area contributed by atoms with Gasteiger partial charge in [-0.25, -0.2) is 0 Å². The molecule has 1 aromatic rings. The van der Waals surface area contributed by atoms with Crippen molar-refractivity contribution in [2.75, 3.05) is 13.1 Å². The molecule has 2 rings (SSSR count). The largest absolute Gasteiger partial charge is 0.409 e. The summed E-state index contributed by atoms with van der Waals surface area (Å²) in [6.07, 6.45) is 5.08. The van der Waals surface area contributed by atoms with Gasteiger partial charge in [0.15, 0.2) is 8.32 Å². The Morgan fingerprint density at radius 1 is 1.03 bits per heavy atom. The smallest absolute Gasteiger partial charge is 0.192 e. The molecule has 0 aliphatic heterocycles. The molecule has 1 aliphatic rings. The SMILES string of the molecule is CC[Si](CC)(CC)OC(CNCC1CCC(C)(C)CC1)c1c(Cl)cc(Cl)cc1Cl. The first-order chi connectivity index (χ1) is 13.6. The quantitative estimate of drug-likeness (QED) is 0.340. The zero-order chi connectivity index (χ0) is 21.7. The minimum absolute atomic E-state index is 0.140. The summed E-state index contributed by atoms with van der Waals surface area (Å²) < 4.78 is 6.86. The molecule has 1 aromatic carbocycles. The van der Waals surface area contributed by atoms with E-state index in [9.17, 15) is 0 Å². The van der Waals surface area contributed by atoms with E-state index in [1.54, 1.807) is 12.1 Å². The Bertz CT molecular complexity index is 622. The predicted molar refractivity (Wildman–Crippen MR) is 131 cm³/mol. The highest BCUT2D eigenvalue weighted by Crippen LogP contribution is 2.39. The Morgan fingerprint density at radius 3 is 2.03 bits per heavy atom. The van der Waals surface area contributed by atoms with Crippen molar-refractivity contribution in [1.29, 1.82) is 0 Å². The molecule has 0 spiro atoms. The number of nitrogens with one attached hydrogen (secondary N) is 1. The van der Waals surface area contributed by atoms with Crippen molar-refractivity contribution >= 4 is 43.1 Å². The lowest BCUT2D eigenvalue weighted by Crippen LogP contribution is -2.40. The minimum atomic E-state index is -1.82. The third kappa shape index (κ3) is 7.12. The number of benzene rings is 1. The van der Waals surface area contributed by atoms with Crippen molar-refractivity contribution < 1.29 is 4.43 Å². The fourth-order valence-corrected chi connectivity index (χ4v) is 8.31. The topological polar surface area (TPSA) is 21.3 Å². The van der Waals surface area contributed by atoms with Crippen molar-refractivity contribution in [3.8, 4) is 0 Å². The molecule has 0 bridgehead atoms. The van der Waals surface area contributed by atoms with Gasteiger partial charge in [0.05, 0.1) is 6.10 Å². The number of hydrogen-bond acceptors (Lipinski definition) is 2. The molecule has 0 heterocycles. The van der Waals surface area contributed by atoms with Crippen LogP contribution in [0, 0.1) is 11.3 Å². The van der Waals surface area contributed by atoms with Crippen LogP contribution in [0.1, 0.15) is 72.0 Å². The van der Waals surface area contributed by atoms with Gasteiger partial charge in [-0.1, -0.05) is 69.4 Å². The standard InChI is InChI=1S/C23H38Cl3NOSi/c1-6-29(7-2,8-3)28-21(22-19(25)13-18(24)14-20(22)26)16-27-15-17-9-11-23(4,5)12-10-17/h13-14,17,21,27H,6-12,15-16H2,1-5H3. The van der Waals surface area contributed by atoms with E-state index < -0.39 is 8.32 Å². The molecule has 1 saturated carbocycles. The van der Waals surface area contributed by atoms with Crippen molar-refractivity contribution in [1.82, 2.24) is 5.32 Å². The average Bonchev–Trinajstić information content (AvgIpc) is 2.66. The third-order valence-electron chi connectivity index (χ3n) is 6.91. The predicted octanol–water partition coefficient (Wildman–Crippen LogP) is 8.52. The van der Waals surface area contributed by atoms with Crippen LogP contribution in [0.25, 0.3) is 0 Å². The molecule has 1 unspecified atom stereocenters. The molecule has 166 valence electrons. The highest BCUT2D eigenvalue weighted by molar-refractivity contribution is 6.73. The van der Waals surface area contributed by atoms with Gasteiger partial charge in [-0.3, -0.25) is 0 Å². The Morgan fingerprint density at radius 2 is 1.55 bits per heavy atom. The first-order valence-electron chi connectivity index (χ1n) is 11.2. The molecular formula is C23H38Cl3NOSi. The van der Waals surface area contributed by atoms with Crippen molar-refractivity contribution in [2.24, 2.45) is 11.3 Å². The summed E-state index contributed by atoms with van der Waals surface area (Å²) in [7, 11) is -1.82. The zero-order valence-electron chi connectivity index (χ0n) is 18.7. The summed E-state index contributed by atoms with van der Waals surface area (Å²) in [5, 5.41) is 5.45. The Hall–Kier alpha value is 0.227. The average molecular weight is 479 g/mol. The van der Waals surface area contributed by atoms with E-state index in [1.807, 2.05) is 0 Å². The maximum atomic E-state index is 6.86. The van der Waals surface area contributed by atoms with Crippen molar-refractivity contribution in [2.45, 2.75) is 84.5 Å². The molecule has 0 amide bonds. The summed E-state index contributed by atoms with van der Waals surface area (Å²) in [5.41, 5.74) is 1.38. The summed E-state index contributed by atoms with van der Waals surface area (Å²) in [5.74, 6) is 0.741. The molecule has 1 fully saturated rings. The van der Waals surface area contributed by atoms with Crippen LogP contribution in [-0.2, 0) is 4.43 Å². The first-order valence-corrected chi connectivity index (χ1v) is 14.8. The molecule has 0 saturated heterocycles. The molecule has 1 atom stereocenters. The van der Waals surface area contributed by atoms with Gasteiger partial charge in [-0.05, 0) is 73.8 Å². The van der Waals surface area contributed by atoms with Gasteiger partial charge < -0.3 is 9.74 Å². The van der Waals surface area contributed by atoms with Gasteiger partial charge in [-0.2, -0.15) is 0 Å². The third-order valence-corrected chi connectivity index (χ3v) is 12.4. The molecule has 1 N–H and O–H groups in total. The maximum Gasteiger partial charge on any atom is 0.192 e. The van der Waals surface area contributed by atoms with Gasteiger partial charge in [0.1, 0.15) is 0 Å². The lowest BCUT2D eigenvalue weighted by molar-refractivity contribution is 0.167. The van der Waals surface area contributed by atoms with E-state index in [4.69, 9.17) is 39.2 Å². The monoisotopic (exact) mass is 477 g/mol. The van der Waals surface area contributed by atoms with Crippen LogP contribution in [0.4, 0.5) is 0 Å². The zero-order valence-corrected chi connectivity index (χ0v) is 22.0. The normalized spacial score (nSPS) is 18.8. The van der Waals surface area contributed by atoms with E-state index in [1.165, 1.54) is 25.7 Å². The van der Waals surface area contributed by atoms with Crippen molar-refractivity contribution in [3.05, 3.63) is 32.8 Å². The fraction of sp³-hybridized carbons (Fsp3) is 0.739. The molecule has 0 radical (unpaired) electrons. The van der Waals surface area contributed by atoms with E-state index in [-0.39, 0.29) is 6.10 Å². The van der Waals surface area contributed by atoms with Crippen LogP contribution in [0.2, 0.25) is 33.2 Å². The van der Waals surface area contributed by atoms with Gasteiger partial charge in [-0.15, -0.1) is 0 Å². The van der Waals surface area contributed by atoms with Crippen molar-refractivity contribution in [3.63, 3.8) is 0 Å². The number of hydrogen-bond donors (Lipinski definition) is 1. The highest BCUT2D eigenvalue weighted by atomic mass is 35.5. The van der Waals surface area contributed by atoms with Crippen LogP contribution < -0.4 is 5.32 Å². The second-order valence-electron chi connectivity index (χ2n) is 9.40. The first kappa shape index (κ1) is 25.5. The lowest BCUT2D eigenvalue weighted by atomic mass is 9.73. The lowest BCUT2D eigenvalue weighted by Gasteiger charge is -2.36. The van der Waals surface area contributed by atoms with E-state index in [0.717, 1.165) is 42.7 Å². The molecule has 6 heteroatoms. The summed E-state index contributed by atoms with van der Waals surface area (Å²) in [6, 6.07) is 6.83. The van der Waals surface area contributed by atoms with E-state index in [0.29, 0.717) is 20.5 Å². The van der Waals surface area contributed by atoms with Gasteiger partial charge in [0.2, 0.25) is 0 Å². The van der Waals surface area contributed by atoms with Gasteiger partial charge in [0.25, 0.3) is 0 Å². The number of halogens is 3. The molecule has 29 heavy (non-hydrogen) atoms. The van der Waals surface area contributed by atoms with E-state index in [2.05, 4.69) is 39.9 Å². The van der Waals surface area contributed by atoms with Crippen LogP contribution in [0.15, 0.2) is 12.1 Å². The molecule has 0 aromatic heterocycles. The number of rotatable bonds is 10. The summed E-state index contributed by atoms with van der Waals surface area (Å²) in [6.45, 7) is 13.3. The maximum absolute atomic E-state index is 6.86. The fourth-order valence-electron chi connectivity index (χ4n) is 4.45.